The van der Waals surface area contributed by atoms with Crippen LogP contribution in [0.4, 0.5) is 10.1 Å². The zero-order valence-corrected chi connectivity index (χ0v) is 29.0. The number of carbonyl (C=O) groups excluding carboxylic acids is 2. The first-order chi connectivity index (χ1) is 23.1. The van der Waals surface area contributed by atoms with Gasteiger partial charge in [-0.15, -0.1) is 0 Å². The van der Waals surface area contributed by atoms with Gasteiger partial charge >= 0.3 is 0 Å². The van der Waals surface area contributed by atoms with Gasteiger partial charge in [-0.25, -0.2) is 4.39 Å². The molecule has 9 nitrogen and oxygen atoms in total. The van der Waals surface area contributed by atoms with E-state index in [0.717, 1.165) is 16.7 Å². The van der Waals surface area contributed by atoms with Crippen LogP contribution in [-0.2, 0) is 22.4 Å². The van der Waals surface area contributed by atoms with Crippen LogP contribution < -0.4 is 23.8 Å². The van der Waals surface area contributed by atoms with Crippen molar-refractivity contribution in [1.29, 1.82) is 0 Å². The van der Waals surface area contributed by atoms with E-state index in [9.17, 15) is 14.0 Å². The minimum atomic E-state index is -0.943. The molecular weight excluding hydrogens is 613 g/mol. The molecule has 1 atom stereocenters. The van der Waals surface area contributed by atoms with Crippen LogP contribution in [0.5, 0.6) is 23.0 Å². The molecule has 48 heavy (non-hydrogen) atoms. The average Bonchev–Trinajstić information content (AvgIpc) is 3.06. The number of carbonyl (C=O) groups is 2. The molecule has 1 unspecified atom stereocenters. The Balaban J connectivity index is 1.46. The molecule has 1 saturated heterocycles. The maximum absolute atomic E-state index is 14.4. The Morgan fingerprint density at radius 1 is 0.792 bits per heavy atom. The maximum Gasteiger partial charge on any atom is 0.246 e. The number of fused-ring (bicyclic) bond motifs is 1. The molecule has 0 spiro atoms. The summed E-state index contributed by atoms with van der Waals surface area (Å²) in [5, 5.41) is 0. The number of halogens is 1. The van der Waals surface area contributed by atoms with Crippen molar-refractivity contribution in [3.05, 3.63) is 77.1 Å². The van der Waals surface area contributed by atoms with Crippen LogP contribution in [0, 0.1) is 5.82 Å². The third kappa shape index (κ3) is 7.38. The highest BCUT2D eigenvalue weighted by Gasteiger charge is 2.44. The van der Waals surface area contributed by atoms with Crippen molar-refractivity contribution in [1.82, 2.24) is 9.80 Å². The lowest BCUT2D eigenvalue weighted by molar-refractivity contribution is -0.141. The van der Waals surface area contributed by atoms with Gasteiger partial charge in [0.25, 0.3) is 0 Å². The standard InChI is InChI=1S/C38H48FN3O6/c1-7-45-32-16-11-26(22-33(32)46-8-2)21-31-30-24-35(48-10-4)34(47-9-3)23-27(30)17-18-42(31)36(43)25-40-19-20-41(37(44)38(40,5)6)29-14-12-28(39)13-15-29/h11-16,22-24,31H,7-10,17-21,25H2,1-6H3. The molecule has 1 fully saturated rings. The van der Waals surface area contributed by atoms with Crippen molar-refractivity contribution in [3.8, 4) is 23.0 Å². The van der Waals surface area contributed by atoms with Gasteiger partial charge in [0, 0.05) is 25.3 Å². The van der Waals surface area contributed by atoms with Gasteiger partial charge in [0.2, 0.25) is 11.8 Å². The number of anilines is 1. The summed E-state index contributed by atoms with van der Waals surface area (Å²) in [6.45, 7) is 15.0. The summed E-state index contributed by atoms with van der Waals surface area (Å²) in [4.78, 5) is 33.7. The predicted octanol–water partition coefficient (Wildman–Crippen LogP) is 6.22. The van der Waals surface area contributed by atoms with E-state index in [4.69, 9.17) is 18.9 Å². The molecule has 0 bridgehead atoms. The maximum atomic E-state index is 14.4. The summed E-state index contributed by atoms with van der Waals surface area (Å²) in [5.74, 6) is 2.19. The van der Waals surface area contributed by atoms with Gasteiger partial charge in [0.15, 0.2) is 23.0 Å². The van der Waals surface area contributed by atoms with Crippen molar-refractivity contribution in [3.63, 3.8) is 0 Å². The zero-order valence-electron chi connectivity index (χ0n) is 29.0. The van der Waals surface area contributed by atoms with Gasteiger partial charge in [-0.2, -0.15) is 0 Å². The fourth-order valence-corrected chi connectivity index (χ4v) is 6.68. The fraction of sp³-hybridized carbons (Fsp3) is 0.474. The fourth-order valence-electron chi connectivity index (χ4n) is 6.68. The molecule has 0 N–H and O–H groups in total. The number of hydrogen-bond donors (Lipinski definition) is 0. The van der Waals surface area contributed by atoms with Gasteiger partial charge in [-0.05, 0) is 120 Å². The number of ether oxygens (including phenoxy) is 4. The molecule has 2 amide bonds. The number of rotatable bonds is 13. The van der Waals surface area contributed by atoms with E-state index in [0.29, 0.717) is 87.6 Å². The van der Waals surface area contributed by atoms with Gasteiger partial charge in [0.05, 0.1) is 44.6 Å². The molecule has 0 radical (unpaired) electrons. The van der Waals surface area contributed by atoms with E-state index in [1.54, 1.807) is 17.0 Å². The van der Waals surface area contributed by atoms with E-state index < -0.39 is 5.54 Å². The molecule has 0 saturated carbocycles. The van der Waals surface area contributed by atoms with Crippen LogP contribution in [0.1, 0.15) is 64.3 Å². The summed E-state index contributed by atoms with van der Waals surface area (Å²) < 4.78 is 37.3. The van der Waals surface area contributed by atoms with E-state index in [2.05, 4.69) is 6.07 Å². The normalized spacial score (nSPS) is 17.6. The molecule has 10 heteroatoms. The summed E-state index contributed by atoms with van der Waals surface area (Å²) >= 11 is 0. The first-order valence-electron chi connectivity index (χ1n) is 17.0. The molecular formula is C38H48FN3O6. The van der Waals surface area contributed by atoms with Crippen molar-refractivity contribution in [2.75, 3.05) is 57.5 Å². The van der Waals surface area contributed by atoms with Crippen LogP contribution in [0.3, 0.4) is 0 Å². The van der Waals surface area contributed by atoms with Crippen LogP contribution in [0.2, 0.25) is 0 Å². The quantitative estimate of drug-likeness (QED) is 0.215. The summed E-state index contributed by atoms with van der Waals surface area (Å²) in [6.07, 6.45) is 1.21. The first-order valence-corrected chi connectivity index (χ1v) is 17.0. The van der Waals surface area contributed by atoms with E-state index in [1.165, 1.54) is 12.1 Å². The number of piperazine rings is 1. The van der Waals surface area contributed by atoms with Crippen LogP contribution in [0.25, 0.3) is 0 Å². The van der Waals surface area contributed by atoms with Crippen LogP contribution in [0.15, 0.2) is 54.6 Å². The lowest BCUT2D eigenvalue weighted by Gasteiger charge is -2.47. The second-order valence-electron chi connectivity index (χ2n) is 12.5. The number of nitrogens with zero attached hydrogens (tertiary/aromatic N) is 3. The highest BCUT2D eigenvalue weighted by atomic mass is 19.1. The van der Waals surface area contributed by atoms with E-state index in [1.807, 2.05) is 75.6 Å². The molecule has 2 heterocycles. The zero-order chi connectivity index (χ0) is 34.4. The molecule has 5 rings (SSSR count). The smallest absolute Gasteiger partial charge is 0.246 e. The Hall–Kier alpha value is -4.31. The third-order valence-electron chi connectivity index (χ3n) is 9.14. The van der Waals surface area contributed by atoms with Crippen LogP contribution in [-0.4, -0.2) is 79.8 Å². The highest BCUT2D eigenvalue weighted by Crippen LogP contribution is 2.41. The second-order valence-corrected chi connectivity index (χ2v) is 12.5. The topological polar surface area (TPSA) is 80.8 Å². The molecule has 0 aliphatic carbocycles. The number of benzene rings is 3. The SMILES string of the molecule is CCOc1ccc(CC2c3cc(OCC)c(OCC)cc3CCN2C(=O)CN2CCN(c3ccc(F)cc3)C(=O)C2(C)C)cc1OCC. The number of hydrogen-bond acceptors (Lipinski definition) is 7. The van der Waals surface area contributed by atoms with Gasteiger partial charge in [-0.3, -0.25) is 14.5 Å². The van der Waals surface area contributed by atoms with Gasteiger partial charge in [-0.1, -0.05) is 6.07 Å². The van der Waals surface area contributed by atoms with E-state index in [-0.39, 0.29) is 30.2 Å². The minimum absolute atomic E-state index is 0.0513. The predicted molar refractivity (Wildman–Crippen MR) is 184 cm³/mol. The monoisotopic (exact) mass is 661 g/mol. The van der Waals surface area contributed by atoms with Crippen molar-refractivity contribution in [2.24, 2.45) is 0 Å². The Morgan fingerprint density at radius 3 is 2.04 bits per heavy atom. The van der Waals surface area contributed by atoms with Crippen molar-refractivity contribution >= 4 is 17.5 Å². The molecule has 3 aromatic carbocycles. The molecule has 258 valence electrons. The minimum Gasteiger partial charge on any atom is -0.490 e. The van der Waals surface area contributed by atoms with Crippen molar-refractivity contribution in [2.45, 2.75) is 66.0 Å². The summed E-state index contributed by atoms with van der Waals surface area (Å²) in [6, 6.07) is 15.7. The largest absolute Gasteiger partial charge is 0.490 e. The second kappa shape index (κ2) is 15.3. The molecule has 2 aliphatic rings. The Labute approximate surface area is 283 Å². The average molecular weight is 662 g/mol. The Bertz CT molecular complexity index is 1590. The molecule has 0 aromatic heterocycles. The first kappa shape index (κ1) is 35.0. The summed E-state index contributed by atoms with van der Waals surface area (Å²) in [7, 11) is 0. The van der Waals surface area contributed by atoms with Gasteiger partial charge < -0.3 is 28.7 Å². The van der Waals surface area contributed by atoms with Crippen molar-refractivity contribution < 1.29 is 32.9 Å². The Morgan fingerprint density at radius 2 is 1.40 bits per heavy atom. The lowest BCUT2D eigenvalue weighted by atomic mass is 9.87. The highest BCUT2D eigenvalue weighted by molar-refractivity contribution is 6.01. The Kier molecular flexibility index (Phi) is 11.1. The summed E-state index contributed by atoms with van der Waals surface area (Å²) in [5.41, 5.74) is 2.85. The van der Waals surface area contributed by atoms with E-state index >= 15 is 0 Å². The number of amides is 2. The molecule has 2 aliphatic heterocycles. The molecule has 3 aromatic rings. The third-order valence-corrected chi connectivity index (χ3v) is 9.14. The van der Waals surface area contributed by atoms with Gasteiger partial charge in [0.1, 0.15) is 5.82 Å². The van der Waals surface area contributed by atoms with Crippen LogP contribution >= 0.6 is 0 Å². The lowest BCUT2D eigenvalue weighted by Crippen LogP contribution is -2.65.